The number of hydrogen-bond donors (Lipinski definition) is 1. The summed E-state index contributed by atoms with van der Waals surface area (Å²) in [4.78, 5) is 25.9. The Hall–Kier alpha value is -2.87. The number of amides is 2. The molecular formula is C19H15ClF3N3O2. The van der Waals surface area contributed by atoms with E-state index in [1.165, 1.54) is 23.1 Å². The molecule has 0 spiro atoms. The largest absolute Gasteiger partial charge is 0.417 e. The van der Waals surface area contributed by atoms with Crippen molar-refractivity contribution < 1.29 is 22.8 Å². The van der Waals surface area contributed by atoms with Gasteiger partial charge in [-0.1, -0.05) is 29.8 Å². The highest BCUT2D eigenvalue weighted by atomic mass is 35.5. The van der Waals surface area contributed by atoms with Crippen molar-refractivity contribution in [2.45, 2.75) is 12.6 Å². The second-order valence-corrected chi connectivity index (χ2v) is 6.64. The number of nitrogens with one attached hydrogen (secondary N) is 1. The van der Waals surface area contributed by atoms with Gasteiger partial charge in [-0.15, -0.1) is 0 Å². The van der Waals surface area contributed by atoms with E-state index in [1.807, 2.05) is 0 Å². The first kappa shape index (κ1) is 19.9. The van der Waals surface area contributed by atoms with Crippen molar-refractivity contribution in [3.8, 4) is 0 Å². The number of alkyl halides is 3. The van der Waals surface area contributed by atoms with Crippen molar-refractivity contribution in [2.75, 3.05) is 11.4 Å². The Kier molecular flexibility index (Phi) is 5.69. The van der Waals surface area contributed by atoms with Crippen LogP contribution in [-0.4, -0.2) is 24.6 Å². The predicted octanol–water partition coefficient (Wildman–Crippen LogP) is 3.86. The third-order valence-corrected chi connectivity index (χ3v) is 4.53. The third-order valence-electron chi connectivity index (χ3n) is 4.28. The molecule has 9 heteroatoms. The van der Waals surface area contributed by atoms with Crippen molar-refractivity contribution in [3.05, 3.63) is 64.7 Å². The molecule has 0 bridgehead atoms. The van der Waals surface area contributed by atoms with Crippen LogP contribution in [0.4, 0.5) is 18.9 Å². The standard InChI is InChI=1S/C19H15ClF3N3O2/c20-14-5-7-15(8-6-14)26-11-13(9-17(26)27)18(28)25-24-10-12-3-1-2-4-16(12)19(21,22)23/h1-8,10,13H,9,11H2,(H,25,28)/b24-10-/t13-/m1/s1. The van der Waals surface area contributed by atoms with Gasteiger partial charge in [-0.3, -0.25) is 9.59 Å². The molecule has 1 heterocycles. The van der Waals surface area contributed by atoms with Gasteiger partial charge in [0, 0.05) is 29.2 Å². The summed E-state index contributed by atoms with van der Waals surface area (Å²) in [7, 11) is 0. The molecule has 1 saturated heterocycles. The molecule has 0 radical (unpaired) electrons. The van der Waals surface area contributed by atoms with Crippen LogP contribution in [-0.2, 0) is 15.8 Å². The highest BCUT2D eigenvalue weighted by Crippen LogP contribution is 2.31. The molecule has 28 heavy (non-hydrogen) atoms. The van der Waals surface area contributed by atoms with E-state index >= 15 is 0 Å². The van der Waals surface area contributed by atoms with Crippen LogP contribution in [0.5, 0.6) is 0 Å². The lowest BCUT2D eigenvalue weighted by molar-refractivity contribution is -0.137. The molecule has 1 aliphatic heterocycles. The molecule has 1 atom stereocenters. The van der Waals surface area contributed by atoms with Gasteiger partial charge in [0.1, 0.15) is 0 Å². The summed E-state index contributed by atoms with van der Waals surface area (Å²) < 4.78 is 38.9. The Morgan fingerprint density at radius 1 is 1.18 bits per heavy atom. The Morgan fingerprint density at radius 2 is 1.86 bits per heavy atom. The summed E-state index contributed by atoms with van der Waals surface area (Å²) in [6.07, 6.45) is -3.60. The van der Waals surface area contributed by atoms with E-state index in [-0.39, 0.29) is 24.4 Å². The van der Waals surface area contributed by atoms with Crippen LogP contribution in [0.25, 0.3) is 0 Å². The maximum absolute atomic E-state index is 13.0. The van der Waals surface area contributed by atoms with E-state index < -0.39 is 23.6 Å². The number of carbonyl (C=O) groups excluding carboxylic acids is 2. The summed E-state index contributed by atoms with van der Waals surface area (Å²) in [6, 6.07) is 11.5. The average Bonchev–Trinajstić information content (AvgIpc) is 3.04. The molecule has 2 aromatic carbocycles. The number of carbonyl (C=O) groups is 2. The van der Waals surface area contributed by atoms with E-state index in [2.05, 4.69) is 10.5 Å². The first-order valence-corrected chi connectivity index (χ1v) is 8.68. The van der Waals surface area contributed by atoms with Gasteiger partial charge in [0.2, 0.25) is 11.8 Å². The lowest BCUT2D eigenvalue weighted by Crippen LogP contribution is -2.30. The molecule has 2 aromatic rings. The number of hydrazone groups is 1. The highest BCUT2D eigenvalue weighted by molar-refractivity contribution is 6.30. The van der Waals surface area contributed by atoms with Crippen molar-refractivity contribution in [3.63, 3.8) is 0 Å². The SMILES string of the molecule is O=C(N/N=C\c1ccccc1C(F)(F)F)[C@@H]1CC(=O)N(c2ccc(Cl)cc2)C1. The highest BCUT2D eigenvalue weighted by Gasteiger charge is 2.35. The summed E-state index contributed by atoms with van der Waals surface area (Å²) in [5.74, 6) is -1.42. The lowest BCUT2D eigenvalue weighted by atomic mass is 10.1. The van der Waals surface area contributed by atoms with Crippen LogP contribution in [0.2, 0.25) is 5.02 Å². The fraction of sp³-hybridized carbons (Fsp3) is 0.211. The zero-order valence-corrected chi connectivity index (χ0v) is 15.2. The van der Waals surface area contributed by atoms with Crippen LogP contribution < -0.4 is 10.3 Å². The maximum atomic E-state index is 13.0. The first-order valence-electron chi connectivity index (χ1n) is 8.31. The predicted molar refractivity (Wildman–Crippen MR) is 99.1 cm³/mol. The zero-order valence-electron chi connectivity index (χ0n) is 14.4. The van der Waals surface area contributed by atoms with Crippen molar-refractivity contribution in [1.82, 2.24) is 5.43 Å². The Morgan fingerprint density at radius 3 is 2.54 bits per heavy atom. The molecule has 1 aliphatic rings. The van der Waals surface area contributed by atoms with Crippen molar-refractivity contribution >= 4 is 35.3 Å². The fourth-order valence-corrected chi connectivity index (χ4v) is 3.00. The minimum absolute atomic E-state index is 0.0108. The van der Waals surface area contributed by atoms with E-state index in [4.69, 9.17) is 11.6 Å². The number of rotatable bonds is 4. The Bertz CT molecular complexity index is 913. The van der Waals surface area contributed by atoms with E-state index in [0.717, 1.165) is 12.3 Å². The third kappa shape index (κ3) is 4.51. The zero-order chi connectivity index (χ0) is 20.3. The normalized spacial score (nSPS) is 17.4. The van der Waals surface area contributed by atoms with Crippen molar-refractivity contribution in [1.29, 1.82) is 0 Å². The van der Waals surface area contributed by atoms with E-state index in [9.17, 15) is 22.8 Å². The van der Waals surface area contributed by atoms with Gasteiger partial charge in [-0.2, -0.15) is 18.3 Å². The average molecular weight is 410 g/mol. The molecule has 146 valence electrons. The summed E-state index contributed by atoms with van der Waals surface area (Å²) in [6.45, 7) is 0.154. The second kappa shape index (κ2) is 8.02. The maximum Gasteiger partial charge on any atom is 0.417 e. The molecular weight excluding hydrogens is 395 g/mol. The lowest BCUT2D eigenvalue weighted by Gasteiger charge is -2.16. The van der Waals surface area contributed by atoms with Crippen LogP contribution >= 0.6 is 11.6 Å². The smallest absolute Gasteiger partial charge is 0.312 e. The Labute approximate surface area is 163 Å². The number of anilines is 1. The fourth-order valence-electron chi connectivity index (χ4n) is 2.88. The molecule has 0 aromatic heterocycles. The van der Waals surface area contributed by atoms with Gasteiger partial charge in [-0.25, -0.2) is 5.43 Å². The molecule has 0 unspecified atom stereocenters. The Balaban J connectivity index is 1.64. The number of halogens is 4. The van der Waals surface area contributed by atoms with Gasteiger partial charge < -0.3 is 4.90 Å². The van der Waals surface area contributed by atoms with Gasteiger partial charge in [0.25, 0.3) is 0 Å². The minimum atomic E-state index is -4.52. The summed E-state index contributed by atoms with van der Waals surface area (Å²) >= 11 is 5.83. The van der Waals surface area contributed by atoms with Crippen LogP contribution in [0.15, 0.2) is 53.6 Å². The molecule has 1 fully saturated rings. The van der Waals surface area contributed by atoms with Gasteiger partial charge >= 0.3 is 6.18 Å². The molecule has 1 N–H and O–H groups in total. The van der Waals surface area contributed by atoms with Crippen molar-refractivity contribution in [2.24, 2.45) is 11.0 Å². The minimum Gasteiger partial charge on any atom is -0.312 e. The number of benzene rings is 2. The molecule has 0 aliphatic carbocycles. The monoisotopic (exact) mass is 409 g/mol. The topological polar surface area (TPSA) is 61.8 Å². The number of nitrogens with zero attached hydrogens (tertiary/aromatic N) is 2. The summed E-state index contributed by atoms with van der Waals surface area (Å²) in [5.41, 5.74) is 1.82. The van der Waals surface area contributed by atoms with Crippen LogP contribution in [0, 0.1) is 5.92 Å². The first-order chi connectivity index (χ1) is 13.3. The van der Waals surface area contributed by atoms with Crippen LogP contribution in [0.3, 0.4) is 0 Å². The molecule has 5 nitrogen and oxygen atoms in total. The van der Waals surface area contributed by atoms with E-state index in [1.54, 1.807) is 24.3 Å². The van der Waals surface area contributed by atoms with E-state index in [0.29, 0.717) is 10.7 Å². The molecule has 0 saturated carbocycles. The van der Waals surface area contributed by atoms with Gasteiger partial charge in [-0.05, 0) is 30.3 Å². The van der Waals surface area contributed by atoms with Gasteiger partial charge in [0.15, 0.2) is 0 Å². The van der Waals surface area contributed by atoms with Crippen LogP contribution in [0.1, 0.15) is 17.5 Å². The summed E-state index contributed by atoms with van der Waals surface area (Å²) in [5, 5.41) is 4.15. The quantitative estimate of drug-likeness (QED) is 0.615. The van der Waals surface area contributed by atoms with Gasteiger partial charge in [0.05, 0.1) is 17.7 Å². The molecule has 2 amide bonds. The second-order valence-electron chi connectivity index (χ2n) is 6.20. The molecule has 3 rings (SSSR count). The number of hydrogen-bond acceptors (Lipinski definition) is 3.